The van der Waals surface area contributed by atoms with Crippen molar-refractivity contribution >= 4 is 10.0 Å². The summed E-state index contributed by atoms with van der Waals surface area (Å²) in [5.74, 6) is 0.0943. The molecule has 0 aliphatic carbocycles. The summed E-state index contributed by atoms with van der Waals surface area (Å²) in [7, 11) is -3.20. The molecule has 0 unspecified atom stereocenters. The van der Waals surface area contributed by atoms with Crippen LogP contribution in [0.4, 0.5) is 0 Å². The molecule has 0 bridgehead atoms. The van der Waals surface area contributed by atoms with Crippen molar-refractivity contribution in [1.82, 2.24) is 9.71 Å². The lowest BCUT2D eigenvalue weighted by Crippen LogP contribution is -2.28. The Bertz CT molecular complexity index is 420. The SMILES string of the molecule is O=S(=O)(CCc1ccncc1)NCCCCCO. The van der Waals surface area contributed by atoms with E-state index in [9.17, 15) is 8.42 Å². The van der Waals surface area contributed by atoms with Crippen molar-refractivity contribution in [3.8, 4) is 0 Å². The zero-order chi connectivity index (χ0) is 13.3. The lowest BCUT2D eigenvalue weighted by atomic mass is 10.2. The molecule has 1 rings (SSSR count). The molecule has 0 aliphatic rings. The van der Waals surface area contributed by atoms with E-state index in [1.165, 1.54) is 0 Å². The van der Waals surface area contributed by atoms with Gasteiger partial charge in [0.25, 0.3) is 0 Å². The second kappa shape index (κ2) is 8.18. The molecule has 0 radical (unpaired) electrons. The number of nitrogens with zero attached hydrogens (tertiary/aromatic N) is 1. The van der Waals surface area contributed by atoms with Crippen molar-refractivity contribution in [3.63, 3.8) is 0 Å². The molecule has 0 atom stereocenters. The highest BCUT2D eigenvalue weighted by Crippen LogP contribution is 2.00. The van der Waals surface area contributed by atoms with Crippen LogP contribution in [0.25, 0.3) is 0 Å². The van der Waals surface area contributed by atoms with Crippen LogP contribution in [0.1, 0.15) is 24.8 Å². The minimum absolute atomic E-state index is 0.0943. The predicted octanol–water partition coefficient (Wildman–Crippen LogP) is 0.706. The monoisotopic (exact) mass is 272 g/mol. The molecule has 0 amide bonds. The van der Waals surface area contributed by atoms with Crippen LogP contribution in [-0.2, 0) is 16.4 Å². The van der Waals surface area contributed by atoms with E-state index >= 15 is 0 Å². The quantitative estimate of drug-likeness (QED) is 0.649. The molecule has 0 saturated heterocycles. The Morgan fingerprint density at radius 3 is 2.56 bits per heavy atom. The maximum Gasteiger partial charge on any atom is 0.211 e. The summed E-state index contributed by atoms with van der Waals surface area (Å²) >= 11 is 0. The number of unbranched alkanes of at least 4 members (excludes halogenated alkanes) is 2. The van der Waals surface area contributed by atoms with E-state index in [-0.39, 0.29) is 12.4 Å². The maximum atomic E-state index is 11.7. The molecule has 0 spiro atoms. The van der Waals surface area contributed by atoms with Gasteiger partial charge < -0.3 is 5.11 Å². The summed E-state index contributed by atoms with van der Waals surface area (Å²) in [6.45, 7) is 0.605. The van der Waals surface area contributed by atoms with Crippen molar-refractivity contribution in [1.29, 1.82) is 0 Å². The average molecular weight is 272 g/mol. The van der Waals surface area contributed by atoms with E-state index in [1.54, 1.807) is 12.4 Å². The lowest BCUT2D eigenvalue weighted by molar-refractivity contribution is 0.283. The van der Waals surface area contributed by atoms with Crippen LogP contribution in [0.2, 0.25) is 0 Å². The third-order valence-corrected chi connectivity index (χ3v) is 3.95. The molecule has 6 heteroatoms. The first kappa shape index (κ1) is 15.1. The summed E-state index contributed by atoms with van der Waals surface area (Å²) in [4.78, 5) is 3.88. The number of pyridine rings is 1. The molecule has 102 valence electrons. The molecular formula is C12H20N2O3S. The lowest BCUT2D eigenvalue weighted by Gasteiger charge is -2.06. The topological polar surface area (TPSA) is 79.3 Å². The largest absolute Gasteiger partial charge is 0.396 e. The molecule has 5 nitrogen and oxygen atoms in total. The van der Waals surface area contributed by atoms with Gasteiger partial charge in [0, 0.05) is 25.5 Å². The molecule has 1 aromatic heterocycles. The summed E-state index contributed by atoms with van der Waals surface area (Å²) in [5, 5.41) is 8.59. The highest BCUT2D eigenvalue weighted by molar-refractivity contribution is 7.89. The Balaban J connectivity index is 2.23. The van der Waals surface area contributed by atoms with E-state index < -0.39 is 10.0 Å². The normalized spacial score (nSPS) is 11.6. The molecule has 1 aromatic rings. The fraction of sp³-hybridized carbons (Fsp3) is 0.583. The number of hydrogen-bond donors (Lipinski definition) is 2. The van der Waals surface area contributed by atoms with E-state index in [1.807, 2.05) is 12.1 Å². The minimum Gasteiger partial charge on any atom is -0.396 e. The van der Waals surface area contributed by atoms with Crippen molar-refractivity contribution in [2.24, 2.45) is 0 Å². The van der Waals surface area contributed by atoms with Gasteiger partial charge >= 0.3 is 0 Å². The zero-order valence-corrected chi connectivity index (χ0v) is 11.2. The Morgan fingerprint density at radius 1 is 1.17 bits per heavy atom. The third kappa shape index (κ3) is 6.68. The minimum atomic E-state index is -3.20. The van der Waals surface area contributed by atoms with Gasteiger partial charge in [0.2, 0.25) is 10.0 Å². The number of sulfonamides is 1. The Morgan fingerprint density at radius 2 is 1.89 bits per heavy atom. The standard InChI is InChI=1S/C12H20N2O3S/c15-10-3-1-2-7-14-18(16,17)11-6-12-4-8-13-9-5-12/h4-5,8-9,14-15H,1-3,6-7,10-11H2. The van der Waals surface area contributed by atoms with Crippen LogP contribution < -0.4 is 4.72 Å². The zero-order valence-electron chi connectivity index (χ0n) is 10.4. The van der Waals surface area contributed by atoms with Crippen LogP contribution in [-0.4, -0.2) is 37.4 Å². The predicted molar refractivity (Wildman–Crippen MR) is 70.7 cm³/mol. The van der Waals surface area contributed by atoms with Crippen molar-refractivity contribution < 1.29 is 13.5 Å². The number of aliphatic hydroxyl groups excluding tert-OH is 1. The second-order valence-electron chi connectivity index (χ2n) is 4.10. The number of aliphatic hydroxyl groups is 1. The maximum absolute atomic E-state index is 11.7. The summed E-state index contributed by atoms with van der Waals surface area (Å²) in [6, 6.07) is 3.63. The second-order valence-corrected chi connectivity index (χ2v) is 6.03. The number of aryl methyl sites for hydroxylation is 1. The van der Waals surface area contributed by atoms with Crippen molar-refractivity contribution in [2.75, 3.05) is 18.9 Å². The van der Waals surface area contributed by atoms with Crippen molar-refractivity contribution in [3.05, 3.63) is 30.1 Å². The van der Waals surface area contributed by atoms with E-state index in [0.29, 0.717) is 13.0 Å². The summed E-state index contributed by atoms with van der Waals surface area (Å²) < 4.78 is 25.9. The van der Waals surface area contributed by atoms with Gasteiger partial charge in [0.15, 0.2) is 0 Å². The fourth-order valence-corrected chi connectivity index (χ4v) is 2.62. The molecule has 0 fully saturated rings. The van der Waals surface area contributed by atoms with Crippen LogP contribution >= 0.6 is 0 Å². The molecule has 0 saturated carbocycles. The van der Waals surface area contributed by atoms with Gasteiger partial charge in [-0.15, -0.1) is 0 Å². The van der Waals surface area contributed by atoms with Gasteiger partial charge in [-0.25, -0.2) is 13.1 Å². The Hall–Kier alpha value is -0.980. The van der Waals surface area contributed by atoms with Gasteiger partial charge in [0.05, 0.1) is 5.75 Å². The average Bonchev–Trinajstić information content (AvgIpc) is 2.38. The van der Waals surface area contributed by atoms with Crippen LogP contribution in [0.5, 0.6) is 0 Å². The summed E-state index contributed by atoms with van der Waals surface area (Å²) in [5.41, 5.74) is 0.968. The molecule has 0 aliphatic heterocycles. The number of hydrogen-bond acceptors (Lipinski definition) is 4. The first-order valence-electron chi connectivity index (χ1n) is 6.11. The third-order valence-electron chi connectivity index (χ3n) is 2.57. The first-order chi connectivity index (χ1) is 8.64. The molecular weight excluding hydrogens is 252 g/mol. The van der Waals surface area contributed by atoms with Gasteiger partial charge in [-0.05, 0) is 43.4 Å². The van der Waals surface area contributed by atoms with Crippen molar-refractivity contribution in [2.45, 2.75) is 25.7 Å². The van der Waals surface area contributed by atoms with Gasteiger partial charge in [-0.3, -0.25) is 4.98 Å². The molecule has 1 heterocycles. The highest BCUT2D eigenvalue weighted by atomic mass is 32.2. The molecule has 2 N–H and O–H groups in total. The number of aromatic nitrogens is 1. The highest BCUT2D eigenvalue weighted by Gasteiger charge is 2.09. The fourth-order valence-electron chi connectivity index (χ4n) is 1.52. The van der Waals surface area contributed by atoms with E-state index in [2.05, 4.69) is 9.71 Å². The van der Waals surface area contributed by atoms with Gasteiger partial charge in [-0.1, -0.05) is 0 Å². The van der Waals surface area contributed by atoms with E-state index in [0.717, 1.165) is 24.8 Å². The first-order valence-corrected chi connectivity index (χ1v) is 7.76. The molecule has 18 heavy (non-hydrogen) atoms. The van der Waals surface area contributed by atoms with Crippen LogP contribution in [0, 0.1) is 0 Å². The Labute approximate surface area is 108 Å². The number of nitrogens with one attached hydrogen (secondary N) is 1. The van der Waals surface area contributed by atoms with Gasteiger partial charge in [0.1, 0.15) is 0 Å². The van der Waals surface area contributed by atoms with Crippen LogP contribution in [0.3, 0.4) is 0 Å². The van der Waals surface area contributed by atoms with Crippen LogP contribution in [0.15, 0.2) is 24.5 Å². The Kier molecular flexibility index (Phi) is 6.85. The summed E-state index contributed by atoms with van der Waals surface area (Å²) in [6.07, 6.45) is 6.13. The van der Waals surface area contributed by atoms with E-state index in [4.69, 9.17) is 5.11 Å². The number of rotatable bonds is 9. The van der Waals surface area contributed by atoms with Gasteiger partial charge in [-0.2, -0.15) is 0 Å². The molecule has 0 aromatic carbocycles. The smallest absolute Gasteiger partial charge is 0.211 e.